The smallest absolute Gasteiger partial charge is 0.336 e. The number of nitrogens with zero attached hydrogens (tertiary/aromatic N) is 2. The molecule has 7 heteroatoms. The van der Waals surface area contributed by atoms with Crippen LogP contribution in [-0.2, 0) is 17.6 Å². The maximum absolute atomic E-state index is 11.8. The van der Waals surface area contributed by atoms with Gasteiger partial charge in [-0.05, 0) is 54.2 Å². The summed E-state index contributed by atoms with van der Waals surface area (Å²) in [5.74, 6) is 0.220. The van der Waals surface area contributed by atoms with Gasteiger partial charge in [-0.1, -0.05) is 47.7 Å². The number of nitrogens with one attached hydrogen (secondary N) is 2. The number of allylic oxidation sites excluding steroid dienone is 1. The Morgan fingerprint density at radius 1 is 1.00 bits per heavy atom. The van der Waals surface area contributed by atoms with Gasteiger partial charge in [0.15, 0.2) is 0 Å². The van der Waals surface area contributed by atoms with Crippen molar-refractivity contribution in [1.82, 2.24) is 10.7 Å². The van der Waals surface area contributed by atoms with Gasteiger partial charge in [0, 0.05) is 6.54 Å². The maximum Gasteiger partial charge on any atom is 0.336 e. The molecule has 150 valence electrons. The highest BCUT2D eigenvalue weighted by atomic mass is 16.5. The highest BCUT2D eigenvalue weighted by molar-refractivity contribution is 5.73. The molecule has 0 aliphatic carbocycles. The molecule has 0 atom stereocenters. The monoisotopic (exact) mass is 392 g/mol. The van der Waals surface area contributed by atoms with Crippen molar-refractivity contribution in [3.8, 4) is 5.75 Å². The van der Waals surface area contributed by atoms with E-state index in [2.05, 4.69) is 33.2 Å². The van der Waals surface area contributed by atoms with Crippen molar-refractivity contribution >= 4 is 6.03 Å². The number of hydrogen-bond donors (Lipinski definition) is 3. The molecule has 2 aromatic carbocycles. The lowest BCUT2D eigenvalue weighted by Gasteiger charge is -2.12. The van der Waals surface area contributed by atoms with Crippen molar-refractivity contribution in [2.45, 2.75) is 19.3 Å². The molecule has 1 aliphatic heterocycles. The molecule has 0 unspecified atom stereocenters. The number of urea groups is 1. The summed E-state index contributed by atoms with van der Waals surface area (Å²) >= 11 is 0. The van der Waals surface area contributed by atoms with Crippen LogP contribution in [0.4, 0.5) is 4.79 Å². The summed E-state index contributed by atoms with van der Waals surface area (Å²) in [5.41, 5.74) is 6.32. The van der Waals surface area contributed by atoms with Gasteiger partial charge in [-0.2, -0.15) is 0 Å². The number of carbonyl (C=O) groups excluding carboxylic acids is 1. The van der Waals surface area contributed by atoms with Crippen LogP contribution in [0, 0.1) is 0 Å². The van der Waals surface area contributed by atoms with Gasteiger partial charge >= 0.3 is 6.03 Å². The molecule has 1 heterocycles. The lowest BCUT2D eigenvalue weighted by molar-refractivity contribution is 0.240. The molecule has 2 aromatic rings. The second kappa shape index (κ2) is 10.7. The van der Waals surface area contributed by atoms with E-state index in [1.54, 1.807) is 12.1 Å². The third-order valence-electron chi connectivity index (χ3n) is 4.36. The minimum Gasteiger partial charge on any atom is -0.508 e. The van der Waals surface area contributed by atoms with Gasteiger partial charge in [0.1, 0.15) is 24.3 Å². The molecule has 7 nitrogen and oxygen atoms in total. The number of aryl methyl sites for hydroxylation is 1. The minimum atomic E-state index is -0.432. The van der Waals surface area contributed by atoms with Crippen LogP contribution in [0.5, 0.6) is 5.75 Å². The second-order valence-corrected chi connectivity index (χ2v) is 6.63. The van der Waals surface area contributed by atoms with Gasteiger partial charge < -0.3 is 15.2 Å². The first-order chi connectivity index (χ1) is 14.2. The number of aromatic hydroxyl groups is 1. The van der Waals surface area contributed by atoms with E-state index in [0.29, 0.717) is 25.3 Å². The Balaban J connectivity index is 1.38. The van der Waals surface area contributed by atoms with Crippen LogP contribution in [-0.4, -0.2) is 24.3 Å². The van der Waals surface area contributed by atoms with Crippen molar-refractivity contribution in [3.05, 3.63) is 89.3 Å². The third-order valence-corrected chi connectivity index (χ3v) is 4.36. The molecular formula is C22H24N4O3. The number of ether oxygens (including phenoxy) is 1. The number of carbonyl (C=O) groups is 1. The fourth-order valence-electron chi connectivity index (χ4n) is 2.82. The van der Waals surface area contributed by atoms with E-state index in [-0.39, 0.29) is 5.75 Å². The van der Waals surface area contributed by atoms with Crippen LogP contribution >= 0.6 is 0 Å². The highest BCUT2D eigenvalue weighted by Crippen LogP contribution is 2.17. The van der Waals surface area contributed by atoms with Crippen molar-refractivity contribution in [1.29, 1.82) is 0 Å². The lowest BCUT2D eigenvalue weighted by atomic mass is 10.0. The Morgan fingerprint density at radius 2 is 1.76 bits per heavy atom. The summed E-state index contributed by atoms with van der Waals surface area (Å²) in [7, 11) is 0. The predicted octanol–water partition coefficient (Wildman–Crippen LogP) is 4.03. The van der Waals surface area contributed by atoms with E-state index in [9.17, 15) is 9.90 Å². The van der Waals surface area contributed by atoms with E-state index in [1.165, 1.54) is 11.8 Å². The van der Waals surface area contributed by atoms with Crippen molar-refractivity contribution in [2.24, 2.45) is 10.3 Å². The Bertz CT molecular complexity index is 890. The van der Waals surface area contributed by atoms with Gasteiger partial charge in [-0.25, -0.2) is 10.2 Å². The lowest BCUT2D eigenvalue weighted by Crippen LogP contribution is -2.33. The third kappa shape index (κ3) is 7.14. The molecule has 0 saturated heterocycles. The molecular weight excluding hydrogens is 368 g/mol. The van der Waals surface area contributed by atoms with E-state index >= 15 is 0 Å². The Hall–Kier alpha value is -3.61. The van der Waals surface area contributed by atoms with Crippen LogP contribution in [0.2, 0.25) is 0 Å². The van der Waals surface area contributed by atoms with Gasteiger partial charge in [-0.15, -0.1) is 5.11 Å². The second-order valence-electron chi connectivity index (χ2n) is 6.63. The summed E-state index contributed by atoms with van der Waals surface area (Å²) in [5, 5.41) is 19.7. The molecule has 29 heavy (non-hydrogen) atoms. The zero-order chi connectivity index (χ0) is 20.3. The summed E-state index contributed by atoms with van der Waals surface area (Å²) in [4.78, 5) is 11.8. The summed E-state index contributed by atoms with van der Waals surface area (Å²) in [6.07, 6.45) is 5.92. The van der Waals surface area contributed by atoms with Gasteiger partial charge in [0.25, 0.3) is 0 Å². The fraction of sp³-hybridized carbons (Fsp3) is 0.227. The molecule has 0 radical (unpaired) electrons. The number of phenols is 1. The van der Waals surface area contributed by atoms with Gasteiger partial charge in [0.2, 0.25) is 0 Å². The SMILES string of the molecule is O=C(NCCc1ccc(O)cc1)NN=NC1=COCC(CCc2ccccc2)=C1. The highest BCUT2D eigenvalue weighted by Gasteiger charge is 2.07. The number of phenolic OH excluding ortho intramolecular Hbond substituents is 1. The standard InChI is InChI=1S/C22H24N4O3/c27-21-10-8-18(9-11-21)12-13-23-22(28)25-26-24-20-14-19(15-29-16-20)7-6-17-4-2-1-3-5-17/h1-5,8-11,14,16,27H,6-7,12-13,15H2,(H2,23,24,25,28). The quantitative estimate of drug-likeness (QED) is 0.467. The molecule has 0 spiro atoms. The molecule has 1 aliphatic rings. The van der Waals surface area contributed by atoms with E-state index in [1.807, 2.05) is 36.4 Å². The van der Waals surface area contributed by atoms with Crippen molar-refractivity contribution in [2.75, 3.05) is 13.2 Å². The van der Waals surface area contributed by atoms with Gasteiger partial charge in [0.05, 0.1) is 0 Å². The molecule has 2 amide bonds. The first-order valence-corrected chi connectivity index (χ1v) is 9.47. The van der Waals surface area contributed by atoms with E-state index in [0.717, 1.165) is 24.0 Å². The summed E-state index contributed by atoms with van der Waals surface area (Å²) in [6, 6.07) is 16.7. The Labute approximate surface area is 169 Å². The molecule has 0 bridgehead atoms. The van der Waals surface area contributed by atoms with Gasteiger partial charge in [-0.3, -0.25) is 0 Å². The number of benzene rings is 2. The van der Waals surface area contributed by atoms with E-state index < -0.39 is 6.03 Å². The summed E-state index contributed by atoms with van der Waals surface area (Å²) in [6.45, 7) is 0.985. The molecule has 0 aromatic heterocycles. The number of amides is 2. The normalized spacial score (nSPS) is 13.4. The van der Waals surface area contributed by atoms with Crippen LogP contribution in [0.3, 0.4) is 0 Å². The zero-order valence-corrected chi connectivity index (χ0v) is 16.0. The topological polar surface area (TPSA) is 95.3 Å². The fourth-order valence-corrected chi connectivity index (χ4v) is 2.82. The first kappa shape index (κ1) is 20.1. The van der Waals surface area contributed by atoms with Crippen LogP contribution in [0.15, 0.2) is 88.5 Å². The van der Waals surface area contributed by atoms with Crippen molar-refractivity contribution in [3.63, 3.8) is 0 Å². The molecule has 3 rings (SSSR count). The van der Waals surface area contributed by atoms with E-state index in [4.69, 9.17) is 4.74 Å². The first-order valence-electron chi connectivity index (χ1n) is 9.47. The van der Waals surface area contributed by atoms with Crippen LogP contribution in [0.1, 0.15) is 17.5 Å². The predicted molar refractivity (Wildman–Crippen MR) is 110 cm³/mol. The minimum absolute atomic E-state index is 0.220. The largest absolute Gasteiger partial charge is 0.508 e. The number of rotatable bonds is 8. The van der Waals surface area contributed by atoms with Crippen molar-refractivity contribution < 1.29 is 14.6 Å². The zero-order valence-electron chi connectivity index (χ0n) is 16.0. The van der Waals surface area contributed by atoms with Crippen LogP contribution < -0.4 is 10.7 Å². The maximum atomic E-state index is 11.8. The molecule has 0 saturated carbocycles. The van der Waals surface area contributed by atoms with Crippen LogP contribution in [0.25, 0.3) is 0 Å². The Morgan fingerprint density at radius 3 is 2.55 bits per heavy atom. The Kier molecular flexibility index (Phi) is 7.40. The average Bonchev–Trinajstić information content (AvgIpc) is 2.75. The summed E-state index contributed by atoms with van der Waals surface area (Å²) < 4.78 is 5.43. The number of hydrogen-bond acceptors (Lipinski definition) is 5. The molecule has 0 fully saturated rings. The average molecular weight is 392 g/mol. The molecule has 3 N–H and O–H groups in total.